The van der Waals surface area contributed by atoms with Crippen molar-refractivity contribution in [2.45, 2.75) is 71.2 Å². The highest BCUT2D eigenvalue weighted by Crippen LogP contribution is 2.44. The normalized spacial score (nSPS) is 16.6. The van der Waals surface area contributed by atoms with E-state index in [9.17, 15) is 22.8 Å². The molecule has 0 radical (unpaired) electrons. The number of rotatable bonds is 10. The lowest BCUT2D eigenvalue weighted by Crippen LogP contribution is -2.38. The molecule has 258 valence electrons. The number of piperidine rings is 1. The van der Waals surface area contributed by atoms with Gasteiger partial charge >= 0.3 is 12.1 Å². The lowest BCUT2D eigenvalue weighted by molar-refractivity contribution is -0.145. The fraction of sp³-hybridized carbons (Fsp3) is 0.472. The summed E-state index contributed by atoms with van der Waals surface area (Å²) in [5.74, 6) is -0.185. The molecule has 0 saturated carbocycles. The molecule has 0 N–H and O–H groups in total. The molecular formula is C36H43F3N4O5. The zero-order valence-electron chi connectivity index (χ0n) is 28.1. The van der Waals surface area contributed by atoms with Crippen molar-refractivity contribution in [1.82, 2.24) is 19.6 Å². The minimum Gasteiger partial charge on any atom is -0.497 e. The van der Waals surface area contributed by atoms with Crippen molar-refractivity contribution < 1.29 is 37.0 Å². The summed E-state index contributed by atoms with van der Waals surface area (Å²) in [5, 5.41) is 4.40. The Morgan fingerprint density at radius 3 is 2.21 bits per heavy atom. The van der Waals surface area contributed by atoms with Gasteiger partial charge in [-0.15, -0.1) is 0 Å². The number of likely N-dealkylation sites (tertiary alicyclic amines) is 1. The standard InChI is InChI=1S/C36H43F3N4O5/c1-24(2)48-34(45)29-22-42(33(44)26-11-15-28(16-12-26)47-20-19-41-17-7-6-8-18-41)23-35(3,4)30-31(29)40-43(32(30)36(37,38)39)21-25-9-13-27(46-5)14-10-25/h9-16,22,24H,6-8,17-21,23H2,1-5H3. The summed E-state index contributed by atoms with van der Waals surface area (Å²) in [6, 6.07) is 13.3. The highest BCUT2D eigenvalue weighted by Gasteiger charge is 2.47. The number of fused-ring (bicyclic) bond motifs is 1. The van der Waals surface area contributed by atoms with Crippen LogP contribution in [-0.2, 0) is 27.7 Å². The van der Waals surface area contributed by atoms with Crippen molar-refractivity contribution in [3.8, 4) is 11.5 Å². The fourth-order valence-electron chi connectivity index (χ4n) is 6.26. The van der Waals surface area contributed by atoms with Crippen LogP contribution in [0.3, 0.4) is 0 Å². The summed E-state index contributed by atoms with van der Waals surface area (Å²) < 4.78 is 62.3. The molecule has 9 nitrogen and oxygen atoms in total. The molecule has 1 fully saturated rings. The third kappa shape index (κ3) is 8.03. The number of halogens is 3. The second-order valence-electron chi connectivity index (χ2n) is 13.2. The van der Waals surface area contributed by atoms with E-state index >= 15 is 0 Å². The lowest BCUT2D eigenvalue weighted by Gasteiger charge is -2.30. The number of esters is 1. The molecule has 2 aliphatic rings. The Hall–Kier alpha value is -4.32. The van der Waals surface area contributed by atoms with Gasteiger partial charge in [-0.25, -0.2) is 4.79 Å². The third-order valence-electron chi connectivity index (χ3n) is 8.54. The number of aromatic nitrogens is 2. The number of carbonyl (C=O) groups excluding carboxylic acids is 2. The molecule has 1 amide bonds. The van der Waals surface area contributed by atoms with E-state index < -0.39 is 35.3 Å². The van der Waals surface area contributed by atoms with Gasteiger partial charge in [0.15, 0.2) is 0 Å². The van der Waals surface area contributed by atoms with E-state index in [-0.39, 0.29) is 29.9 Å². The number of hydrogen-bond acceptors (Lipinski definition) is 7. The van der Waals surface area contributed by atoms with Gasteiger partial charge in [-0.1, -0.05) is 32.4 Å². The lowest BCUT2D eigenvalue weighted by atomic mass is 9.81. The van der Waals surface area contributed by atoms with Crippen molar-refractivity contribution in [3.63, 3.8) is 0 Å². The van der Waals surface area contributed by atoms with E-state index in [1.165, 1.54) is 37.5 Å². The summed E-state index contributed by atoms with van der Waals surface area (Å²) in [6.45, 7) is 9.63. The summed E-state index contributed by atoms with van der Waals surface area (Å²) >= 11 is 0. The topological polar surface area (TPSA) is 86.1 Å². The average molecular weight is 669 g/mol. The number of ether oxygens (including phenoxy) is 3. The number of amides is 1. The SMILES string of the molecule is COc1ccc(Cn2nc3c(c2C(F)(F)F)C(C)(C)CN(C(=O)c2ccc(OCCN4CCCCC4)cc2)C=C3C(=O)OC(C)C)cc1. The van der Waals surface area contributed by atoms with Crippen molar-refractivity contribution in [2.24, 2.45) is 0 Å². The van der Waals surface area contributed by atoms with Gasteiger partial charge in [0.1, 0.15) is 35.1 Å². The van der Waals surface area contributed by atoms with Crippen LogP contribution in [0.1, 0.15) is 79.8 Å². The molecule has 3 heterocycles. The van der Waals surface area contributed by atoms with Crippen LogP contribution in [0.4, 0.5) is 13.2 Å². The monoisotopic (exact) mass is 668 g/mol. The summed E-state index contributed by atoms with van der Waals surface area (Å²) in [6.07, 6.45) is -0.462. The van der Waals surface area contributed by atoms with E-state index in [1.54, 1.807) is 76.2 Å². The summed E-state index contributed by atoms with van der Waals surface area (Å²) in [5.41, 5.74) is -1.98. The van der Waals surface area contributed by atoms with Crippen LogP contribution in [-0.4, -0.2) is 77.5 Å². The van der Waals surface area contributed by atoms with Crippen LogP contribution in [0.25, 0.3) is 5.57 Å². The zero-order valence-corrected chi connectivity index (χ0v) is 28.1. The van der Waals surface area contributed by atoms with E-state index in [0.29, 0.717) is 29.2 Å². The van der Waals surface area contributed by atoms with Crippen LogP contribution in [0.15, 0.2) is 54.7 Å². The van der Waals surface area contributed by atoms with Crippen molar-refractivity contribution in [2.75, 3.05) is 39.9 Å². The predicted molar refractivity (Wildman–Crippen MR) is 175 cm³/mol. The van der Waals surface area contributed by atoms with E-state index in [2.05, 4.69) is 10.00 Å². The van der Waals surface area contributed by atoms with Crippen LogP contribution < -0.4 is 9.47 Å². The first-order chi connectivity index (χ1) is 22.8. The number of hydrogen-bond donors (Lipinski definition) is 0. The van der Waals surface area contributed by atoms with Gasteiger partial charge in [-0.2, -0.15) is 18.3 Å². The van der Waals surface area contributed by atoms with Gasteiger partial charge < -0.3 is 19.1 Å². The summed E-state index contributed by atoms with van der Waals surface area (Å²) in [4.78, 5) is 31.1. The van der Waals surface area contributed by atoms with Crippen LogP contribution in [0, 0.1) is 0 Å². The van der Waals surface area contributed by atoms with Gasteiger partial charge in [0, 0.05) is 35.8 Å². The number of carbonyl (C=O) groups is 2. The zero-order chi connectivity index (χ0) is 34.6. The first-order valence-corrected chi connectivity index (χ1v) is 16.3. The molecule has 0 unspecified atom stereocenters. The maximum Gasteiger partial charge on any atom is 0.433 e. The van der Waals surface area contributed by atoms with Gasteiger partial charge in [0.2, 0.25) is 0 Å². The van der Waals surface area contributed by atoms with Crippen LogP contribution in [0.5, 0.6) is 11.5 Å². The number of nitrogens with zero attached hydrogens (tertiary/aromatic N) is 4. The molecule has 2 aliphatic heterocycles. The van der Waals surface area contributed by atoms with Crippen LogP contribution >= 0.6 is 0 Å². The van der Waals surface area contributed by atoms with Crippen LogP contribution in [0.2, 0.25) is 0 Å². The Balaban J connectivity index is 1.47. The molecule has 1 saturated heterocycles. The Morgan fingerprint density at radius 1 is 0.958 bits per heavy atom. The quantitative estimate of drug-likeness (QED) is 0.227. The Kier molecular flexibility index (Phi) is 10.5. The highest BCUT2D eigenvalue weighted by atomic mass is 19.4. The summed E-state index contributed by atoms with van der Waals surface area (Å²) in [7, 11) is 1.50. The highest BCUT2D eigenvalue weighted by molar-refractivity contribution is 6.17. The predicted octanol–water partition coefficient (Wildman–Crippen LogP) is 6.55. The van der Waals surface area contributed by atoms with E-state index in [0.717, 1.165) is 24.3 Å². The molecule has 0 bridgehead atoms. The molecule has 48 heavy (non-hydrogen) atoms. The molecule has 5 rings (SSSR count). The number of methoxy groups -OCH3 is 1. The minimum atomic E-state index is -4.82. The van der Waals surface area contributed by atoms with Crippen molar-refractivity contribution in [1.29, 1.82) is 0 Å². The molecule has 0 aliphatic carbocycles. The Morgan fingerprint density at radius 2 is 1.60 bits per heavy atom. The van der Waals surface area contributed by atoms with Gasteiger partial charge in [-0.05, 0) is 81.7 Å². The van der Waals surface area contributed by atoms with Gasteiger partial charge in [0.25, 0.3) is 5.91 Å². The molecule has 12 heteroatoms. The maximum atomic E-state index is 14.9. The molecule has 0 spiro atoms. The Bertz CT molecular complexity index is 1620. The van der Waals surface area contributed by atoms with Crippen molar-refractivity contribution >= 4 is 17.4 Å². The third-order valence-corrected chi connectivity index (χ3v) is 8.54. The second-order valence-corrected chi connectivity index (χ2v) is 13.2. The largest absolute Gasteiger partial charge is 0.497 e. The molecule has 3 aromatic rings. The molecule has 1 aromatic heterocycles. The van der Waals surface area contributed by atoms with Crippen molar-refractivity contribution in [3.05, 3.63) is 82.8 Å². The molecule has 0 atom stereocenters. The second kappa shape index (κ2) is 14.4. The fourth-order valence-corrected chi connectivity index (χ4v) is 6.26. The molecular weight excluding hydrogens is 625 g/mol. The maximum absolute atomic E-state index is 14.9. The Labute approximate surface area is 279 Å². The van der Waals surface area contributed by atoms with Gasteiger partial charge in [0.05, 0.1) is 19.8 Å². The van der Waals surface area contributed by atoms with E-state index in [1.807, 2.05) is 0 Å². The first kappa shape index (κ1) is 35.0. The van der Waals surface area contributed by atoms with Gasteiger partial charge in [-0.3, -0.25) is 14.4 Å². The van der Waals surface area contributed by atoms with E-state index in [4.69, 9.17) is 14.2 Å². The number of alkyl halides is 3. The smallest absolute Gasteiger partial charge is 0.433 e. The average Bonchev–Trinajstić information content (AvgIpc) is 3.39. The molecule has 2 aromatic carbocycles. The first-order valence-electron chi connectivity index (χ1n) is 16.3. The minimum absolute atomic E-state index is 0.150. The number of benzene rings is 2.